The molecule has 41 heavy (non-hydrogen) atoms. The molecule has 2 heterocycles. The van der Waals surface area contributed by atoms with E-state index in [1.54, 1.807) is 12.1 Å². The van der Waals surface area contributed by atoms with Crippen molar-refractivity contribution in [3.05, 3.63) is 58.9 Å². The molecule has 7 heteroatoms. The molecule has 2 fully saturated rings. The van der Waals surface area contributed by atoms with E-state index in [1.165, 1.54) is 17.7 Å². The third-order valence-corrected chi connectivity index (χ3v) is 9.25. The second kappa shape index (κ2) is 14.4. The summed E-state index contributed by atoms with van der Waals surface area (Å²) in [5.74, 6) is -0.136. The number of quaternary nitrogens is 1. The monoisotopic (exact) mass is 565 g/mol. The smallest absolute Gasteiger partial charge is 0.282 e. The van der Waals surface area contributed by atoms with Crippen molar-refractivity contribution in [3.8, 4) is 0 Å². The number of unbranched alkanes of at least 4 members (excludes halogenated alkanes) is 2. The number of rotatable bonds is 12. The van der Waals surface area contributed by atoms with Gasteiger partial charge in [0.15, 0.2) is 6.04 Å². The summed E-state index contributed by atoms with van der Waals surface area (Å²) < 4.78 is 14.2. The van der Waals surface area contributed by atoms with E-state index in [9.17, 15) is 14.0 Å². The number of nitrogens with zero attached hydrogens (tertiary/aromatic N) is 2. The quantitative estimate of drug-likeness (QED) is 0.221. The normalized spacial score (nSPS) is 23.0. The van der Waals surface area contributed by atoms with E-state index in [4.69, 9.17) is 0 Å². The van der Waals surface area contributed by atoms with Crippen molar-refractivity contribution in [1.29, 1.82) is 0 Å². The van der Waals surface area contributed by atoms with Crippen molar-refractivity contribution in [3.63, 3.8) is 0 Å². The number of carbonyl (C=O) groups is 2. The first-order chi connectivity index (χ1) is 19.7. The van der Waals surface area contributed by atoms with Crippen LogP contribution in [0.5, 0.6) is 0 Å². The molecule has 3 unspecified atom stereocenters. The molecule has 224 valence electrons. The zero-order valence-electron chi connectivity index (χ0n) is 25.6. The van der Waals surface area contributed by atoms with E-state index in [0.717, 1.165) is 112 Å². The standard InChI is InChI=1S/C34H49FN4O2/c1-5-6-20-39(22-11-13-31(39)34(41)37-32-26(3)23-25(2)24-27(32)4)21-10-9-19-38-18-8-7-12-30(38)33(40)36-29-16-14-28(35)15-17-29/h14-17,23-24,30-31H,5-13,18-22H2,1-4H3,(H-,36,37,40,41)/p+1. The molecular formula is C34H50FN4O2+. The second-order valence-corrected chi connectivity index (χ2v) is 12.4. The molecule has 2 aromatic rings. The Hall–Kier alpha value is -2.77. The SMILES string of the molecule is CCCC[N+]1(CCCCN2CCCCC2C(=O)Nc2ccc(F)cc2)CCCC1C(=O)Nc1c(C)cc(C)cc1C. The molecule has 3 atom stereocenters. The van der Waals surface area contributed by atoms with Crippen molar-refractivity contribution in [2.45, 2.75) is 97.6 Å². The molecule has 0 spiro atoms. The number of hydrogen-bond acceptors (Lipinski definition) is 3. The van der Waals surface area contributed by atoms with Crippen LogP contribution in [-0.2, 0) is 9.59 Å². The molecule has 4 rings (SSSR count). The topological polar surface area (TPSA) is 61.4 Å². The lowest BCUT2D eigenvalue weighted by Gasteiger charge is -2.40. The van der Waals surface area contributed by atoms with Crippen LogP contribution in [0.25, 0.3) is 0 Å². The fraction of sp³-hybridized carbons (Fsp3) is 0.588. The van der Waals surface area contributed by atoms with Gasteiger partial charge >= 0.3 is 0 Å². The van der Waals surface area contributed by atoms with E-state index < -0.39 is 0 Å². The Morgan fingerprint density at radius 3 is 2.32 bits per heavy atom. The van der Waals surface area contributed by atoms with Crippen molar-refractivity contribution < 1.29 is 18.5 Å². The van der Waals surface area contributed by atoms with Crippen molar-refractivity contribution in [2.75, 3.05) is 43.4 Å². The summed E-state index contributed by atoms with van der Waals surface area (Å²) >= 11 is 0. The van der Waals surface area contributed by atoms with Gasteiger partial charge in [0.05, 0.1) is 25.7 Å². The molecule has 2 amide bonds. The van der Waals surface area contributed by atoms with Gasteiger partial charge in [0, 0.05) is 24.2 Å². The summed E-state index contributed by atoms with van der Waals surface area (Å²) in [5.41, 5.74) is 5.07. The Bertz CT molecular complexity index is 1160. The predicted molar refractivity (Wildman–Crippen MR) is 166 cm³/mol. The Kier molecular flexibility index (Phi) is 11.0. The molecule has 2 N–H and O–H groups in total. The van der Waals surface area contributed by atoms with Crippen molar-refractivity contribution in [2.24, 2.45) is 0 Å². The molecule has 2 saturated heterocycles. The summed E-state index contributed by atoms with van der Waals surface area (Å²) in [6, 6.07) is 10.1. The highest BCUT2D eigenvalue weighted by Crippen LogP contribution is 2.31. The third kappa shape index (κ3) is 7.95. The summed E-state index contributed by atoms with van der Waals surface area (Å²) in [5, 5.41) is 6.32. The van der Waals surface area contributed by atoms with Crippen LogP contribution in [-0.4, -0.2) is 66.0 Å². The molecule has 2 aromatic carbocycles. The lowest BCUT2D eigenvalue weighted by molar-refractivity contribution is -0.931. The molecule has 0 saturated carbocycles. The highest BCUT2D eigenvalue weighted by atomic mass is 19.1. The van der Waals surface area contributed by atoms with Crippen LogP contribution in [0.15, 0.2) is 36.4 Å². The number of likely N-dealkylation sites (tertiary alicyclic amines) is 2. The van der Waals surface area contributed by atoms with Crippen LogP contribution >= 0.6 is 0 Å². The minimum Gasteiger partial charge on any atom is -0.325 e. The number of nitrogens with one attached hydrogen (secondary N) is 2. The van der Waals surface area contributed by atoms with Gasteiger partial charge < -0.3 is 15.1 Å². The number of anilines is 2. The Morgan fingerprint density at radius 2 is 1.61 bits per heavy atom. The molecule has 0 radical (unpaired) electrons. The lowest BCUT2D eigenvalue weighted by Crippen LogP contribution is -2.57. The number of halogens is 1. The van der Waals surface area contributed by atoms with Crippen LogP contribution in [0.4, 0.5) is 15.8 Å². The summed E-state index contributed by atoms with van der Waals surface area (Å²) in [7, 11) is 0. The largest absolute Gasteiger partial charge is 0.325 e. The average molecular weight is 566 g/mol. The predicted octanol–water partition coefficient (Wildman–Crippen LogP) is 6.74. The van der Waals surface area contributed by atoms with E-state index in [1.807, 2.05) is 0 Å². The van der Waals surface area contributed by atoms with Gasteiger partial charge in [-0.05, 0) is 101 Å². The molecule has 6 nitrogen and oxygen atoms in total. The fourth-order valence-corrected chi connectivity index (χ4v) is 7.17. The Morgan fingerprint density at radius 1 is 0.902 bits per heavy atom. The van der Waals surface area contributed by atoms with Crippen molar-refractivity contribution in [1.82, 2.24) is 4.90 Å². The zero-order valence-corrected chi connectivity index (χ0v) is 25.6. The molecule has 0 aromatic heterocycles. The van der Waals surface area contributed by atoms with Crippen LogP contribution in [0, 0.1) is 26.6 Å². The number of hydrogen-bond donors (Lipinski definition) is 2. The molecule has 0 aliphatic carbocycles. The van der Waals surface area contributed by atoms with Gasteiger partial charge in [-0.15, -0.1) is 0 Å². The number of carbonyl (C=O) groups excluding carboxylic acids is 2. The highest BCUT2D eigenvalue weighted by molar-refractivity contribution is 5.96. The summed E-state index contributed by atoms with van der Waals surface area (Å²) in [6.07, 6.45) is 9.35. The van der Waals surface area contributed by atoms with Crippen molar-refractivity contribution >= 4 is 23.2 Å². The van der Waals surface area contributed by atoms with E-state index in [-0.39, 0.29) is 29.7 Å². The second-order valence-electron chi connectivity index (χ2n) is 12.4. The Labute approximate surface area is 246 Å². The van der Waals surface area contributed by atoms with Crippen LogP contribution in [0.1, 0.15) is 81.4 Å². The van der Waals surface area contributed by atoms with E-state index >= 15 is 0 Å². The van der Waals surface area contributed by atoms with E-state index in [0.29, 0.717) is 5.69 Å². The maximum absolute atomic E-state index is 13.7. The van der Waals surface area contributed by atoms with Gasteiger partial charge in [-0.2, -0.15) is 0 Å². The lowest BCUT2D eigenvalue weighted by atomic mass is 10.0. The molecule has 2 aliphatic heterocycles. The van der Waals surface area contributed by atoms with Crippen LogP contribution < -0.4 is 10.6 Å². The first-order valence-corrected chi connectivity index (χ1v) is 15.8. The van der Waals surface area contributed by atoms with Crippen LogP contribution in [0.2, 0.25) is 0 Å². The maximum Gasteiger partial charge on any atom is 0.282 e. The molecule has 0 bridgehead atoms. The average Bonchev–Trinajstić information content (AvgIpc) is 3.37. The maximum atomic E-state index is 13.7. The summed E-state index contributed by atoms with van der Waals surface area (Å²) in [6.45, 7) is 13.4. The fourth-order valence-electron chi connectivity index (χ4n) is 7.17. The minimum absolute atomic E-state index is 0.000672. The minimum atomic E-state index is -0.306. The molecule has 2 aliphatic rings. The van der Waals surface area contributed by atoms with Crippen LogP contribution in [0.3, 0.4) is 0 Å². The first-order valence-electron chi connectivity index (χ1n) is 15.8. The zero-order chi connectivity index (χ0) is 29.4. The van der Waals surface area contributed by atoms with Gasteiger partial charge in [-0.3, -0.25) is 14.5 Å². The first kappa shape index (κ1) is 31.2. The van der Waals surface area contributed by atoms with Gasteiger partial charge in [-0.25, -0.2) is 4.39 Å². The molecular weight excluding hydrogens is 515 g/mol. The number of amides is 2. The van der Waals surface area contributed by atoms with E-state index in [2.05, 4.69) is 55.4 Å². The van der Waals surface area contributed by atoms with Gasteiger partial charge in [-0.1, -0.05) is 37.5 Å². The van der Waals surface area contributed by atoms with Gasteiger partial charge in [0.25, 0.3) is 5.91 Å². The number of piperidine rings is 1. The van der Waals surface area contributed by atoms with Gasteiger partial charge in [0.2, 0.25) is 5.91 Å². The third-order valence-electron chi connectivity index (χ3n) is 9.25. The Balaban J connectivity index is 1.36. The summed E-state index contributed by atoms with van der Waals surface area (Å²) in [4.78, 5) is 29.2. The number of aryl methyl sites for hydroxylation is 3. The highest BCUT2D eigenvalue weighted by Gasteiger charge is 2.45. The van der Waals surface area contributed by atoms with Gasteiger partial charge in [0.1, 0.15) is 5.82 Å². The number of benzene rings is 2.